The summed E-state index contributed by atoms with van der Waals surface area (Å²) in [6.45, 7) is 8.73. The molecule has 0 spiro atoms. The number of amides is 2. The molecule has 0 bridgehead atoms. The summed E-state index contributed by atoms with van der Waals surface area (Å²) in [5, 5.41) is 9.23. The number of carbonyl (C=O) groups is 2. The number of carbonyl (C=O) groups excluding carboxylic acids is 2. The van der Waals surface area contributed by atoms with Crippen molar-refractivity contribution in [2.24, 2.45) is 4.99 Å². The molecule has 1 saturated heterocycles. The summed E-state index contributed by atoms with van der Waals surface area (Å²) in [6, 6.07) is 7.39. The van der Waals surface area contributed by atoms with E-state index in [-0.39, 0.29) is 18.4 Å². The first-order chi connectivity index (χ1) is 13.6. The van der Waals surface area contributed by atoms with Crippen LogP contribution < -0.4 is 16.0 Å². The van der Waals surface area contributed by atoms with Crippen LogP contribution in [0.15, 0.2) is 29.3 Å². The zero-order valence-electron chi connectivity index (χ0n) is 16.8. The van der Waals surface area contributed by atoms with Gasteiger partial charge in [0.15, 0.2) is 5.96 Å². The number of benzene rings is 1. The van der Waals surface area contributed by atoms with Crippen molar-refractivity contribution in [1.29, 1.82) is 0 Å². The highest BCUT2D eigenvalue weighted by molar-refractivity contribution is 5.97. The maximum absolute atomic E-state index is 12.5. The average molecular weight is 390 g/mol. The molecule has 0 aromatic heterocycles. The van der Waals surface area contributed by atoms with Crippen molar-refractivity contribution >= 4 is 17.8 Å². The zero-order chi connectivity index (χ0) is 20.2. The Kier molecular flexibility index (Phi) is 9.27. The average Bonchev–Trinajstić information content (AvgIpc) is 2.71. The van der Waals surface area contributed by atoms with Crippen molar-refractivity contribution in [3.63, 3.8) is 0 Å². The van der Waals surface area contributed by atoms with Crippen LogP contribution in [-0.4, -0.2) is 68.6 Å². The van der Waals surface area contributed by atoms with Crippen molar-refractivity contribution in [2.75, 3.05) is 45.9 Å². The van der Waals surface area contributed by atoms with Gasteiger partial charge >= 0.3 is 0 Å². The van der Waals surface area contributed by atoms with Gasteiger partial charge in [0.25, 0.3) is 5.91 Å². The molecule has 1 aliphatic heterocycles. The van der Waals surface area contributed by atoms with E-state index in [1.165, 1.54) is 0 Å². The van der Waals surface area contributed by atoms with E-state index < -0.39 is 0 Å². The maximum atomic E-state index is 12.5. The van der Waals surface area contributed by atoms with Gasteiger partial charge in [0.05, 0.1) is 13.1 Å². The van der Waals surface area contributed by atoms with E-state index in [0.29, 0.717) is 25.2 Å². The van der Waals surface area contributed by atoms with Gasteiger partial charge in [-0.3, -0.25) is 9.59 Å². The minimum absolute atomic E-state index is 0.115. The Bertz CT molecular complexity index is 660. The molecule has 28 heavy (non-hydrogen) atoms. The van der Waals surface area contributed by atoms with E-state index in [1.807, 2.05) is 26.0 Å². The van der Waals surface area contributed by atoms with E-state index in [2.05, 4.69) is 20.9 Å². The minimum atomic E-state index is -0.116. The smallest absolute Gasteiger partial charge is 0.254 e. The lowest BCUT2D eigenvalue weighted by Crippen LogP contribution is -2.49. The number of hydrogen-bond donors (Lipinski definition) is 3. The van der Waals surface area contributed by atoms with Crippen LogP contribution in [0.5, 0.6) is 0 Å². The molecule has 154 valence electrons. The lowest BCUT2D eigenvalue weighted by Gasteiger charge is -2.26. The molecule has 1 heterocycles. The zero-order valence-corrected chi connectivity index (χ0v) is 16.8. The van der Waals surface area contributed by atoms with Crippen LogP contribution in [0.1, 0.15) is 36.2 Å². The van der Waals surface area contributed by atoms with E-state index in [4.69, 9.17) is 4.74 Å². The summed E-state index contributed by atoms with van der Waals surface area (Å²) in [6.07, 6.45) is 0.920. The summed E-state index contributed by atoms with van der Waals surface area (Å²) in [7, 11) is 0. The minimum Gasteiger partial charge on any atom is -0.382 e. The van der Waals surface area contributed by atoms with Crippen LogP contribution in [0.25, 0.3) is 0 Å². The first kappa shape index (κ1) is 21.7. The summed E-state index contributed by atoms with van der Waals surface area (Å²) in [4.78, 5) is 30.1. The third-order valence-electron chi connectivity index (χ3n) is 4.25. The van der Waals surface area contributed by atoms with Crippen LogP contribution in [-0.2, 0) is 16.1 Å². The van der Waals surface area contributed by atoms with Gasteiger partial charge < -0.3 is 25.6 Å². The molecule has 8 nitrogen and oxygen atoms in total. The van der Waals surface area contributed by atoms with Crippen LogP contribution >= 0.6 is 0 Å². The molecular formula is C20H31N5O3. The lowest BCUT2D eigenvalue weighted by atomic mass is 10.1. The Morgan fingerprint density at radius 3 is 2.71 bits per heavy atom. The highest BCUT2D eigenvalue weighted by atomic mass is 16.5. The molecule has 0 unspecified atom stereocenters. The van der Waals surface area contributed by atoms with Gasteiger partial charge in [-0.25, -0.2) is 4.99 Å². The van der Waals surface area contributed by atoms with Gasteiger partial charge in [0.1, 0.15) is 0 Å². The van der Waals surface area contributed by atoms with Crippen molar-refractivity contribution in [3.05, 3.63) is 35.4 Å². The fraction of sp³-hybridized carbons (Fsp3) is 0.550. The first-order valence-corrected chi connectivity index (χ1v) is 9.88. The Morgan fingerprint density at radius 2 is 2.04 bits per heavy atom. The number of piperazine rings is 1. The van der Waals surface area contributed by atoms with E-state index in [1.54, 1.807) is 17.0 Å². The van der Waals surface area contributed by atoms with E-state index in [0.717, 1.165) is 44.2 Å². The molecule has 1 aromatic rings. The number of nitrogens with zero attached hydrogens (tertiary/aromatic N) is 2. The van der Waals surface area contributed by atoms with Crippen molar-refractivity contribution in [3.8, 4) is 0 Å². The number of ether oxygens (including phenoxy) is 1. The molecule has 3 N–H and O–H groups in total. The molecule has 1 aromatic carbocycles. The number of guanidine groups is 1. The number of nitrogens with one attached hydrogen (secondary N) is 3. The Hall–Kier alpha value is -2.61. The number of aliphatic imine (C=N–C) groups is 1. The molecule has 2 rings (SSSR count). The Labute approximate surface area is 166 Å². The molecule has 2 amide bonds. The standard InChI is InChI=1S/C20H31N5O3/c1-3-21-20(23-10-5-13-28-4-2)24-14-16-6-8-17(9-7-16)19(27)25-12-11-22-18(26)15-25/h6-9H,3-5,10-15H2,1-2H3,(H,22,26)(H2,21,23,24). The second kappa shape index (κ2) is 12.0. The van der Waals surface area contributed by atoms with Crippen LogP contribution in [0.4, 0.5) is 0 Å². The monoisotopic (exact) mass is 389 g/mol. The summed E-state index contributed by atoms with van der Waals surface area (Å²) in [5.74, 6) is 0.531. The molecule has 0 aliphatic carbocycles. The number of rotatable bonds is 9. The second-order valence-corrected chi connectivity index (χ2v) is 6.45. The molecule has 8 heteroatoms. The van der Waals surface area contributed by atoms with Gasteiger partial charge in [-0.15, -0.1) is 0 Å². The van der Waals surface area contributed by atoms with Crippen molar-refractivity contribution < 1.29 is 14.3 Å². The van der Waals surface area contributed by atoms with Gasteiger partial charge in [-0.05, 0) is 38.0 Å². The largest absolute Gasteiger partial charge is 0.382 e. The quantitative estimate of drug-likeness (QED) is 0.329. The van der Waals surface area contributed by atoms with Gasteiger partial charge in [-0.1, -0.05) is 12.1 Å². The second-order valence-electron chi connectivity index (χ2n) is 6.45. The molecule has 0 radical (unpaired) electrons. The summed E-state index contributed by atoms with van der Waals surface area (Å²) < 4.78 is 5.33. The van der Waals surface area contributed by atoms with Gasteiger partial charge in [0.2, 0.25) is 5.91 Å². The fourth-order valence-electron chi connectivity index (χ4n) is 2.78. The van der Waals surface area contributed by atoms with Crippen LogP contribution in [0.2, 0.25) is 0 Å². The Morgan fingerprint density at radius 1 is 1.25 bits per heavy atom. The summed E-state index contributed by atoms with van der Waals surface area (Å²) in [5.41, 5.74) is 1.60. The van der Waals surface area contributed by atoms with Crippen LogP contribution in [0, 0.1) is 0 Å². The molecule has 1 fully saturated rings. The summed E-state index contributed by atoms with van der Waals surface area (Å²) >= 11 is 0. The Balaban J connectivity index is 1.87. The predicted octanol–water partition coefficient (Wildman–Crippen LogP) is 0.740. The first-order valence-electron chi connectivity index (χ1n) is 9.88. The van der Waals surface area contributed by atoms with Gasteiger partial charge in [0, 0.05) is 45.0 Å². The fourth-order valence-corrected chi connectivity index (χ4v) is 2.78. The normalized spacial score (nSPS) is 14.6. The predicted molar refractivity (Wildman–Crippen MR) is 109 cm³/mol. The van der Waals surface area contributed by atoms with Crippen molar-refractivity contribution in [1.82, 2.24) is 20.9 Å². The lowest BCUT2D eigenvalue weighted by molar-refractivity contribution is -0.123. The molecule has 1 aliphatic rings. The maximum Gasteiger partial charge on any atom is 0.254 e. The number of hydrogen-bond acceptors (Lipinski definition) is 4. The molecule has 0 atom stereocenters. The third-order valence-corrected chi connectivity index (χ3v) is 4.25. The molecular weight excluding hydrogens is 358 g/mol. The molecule has 0 saturated carbocycles. The topological polar surface area (TPSA) is 95.1 Å². The van der Waals surface area contributed by atoms with E-state index in [9.17, 15) is 9.59 Å². The van der Waals surface area contributed by atoms with Crippen LogP contribution in [0.3, 0.4) is 0 Å². The SMILES string of the molecule is CCNC(=NCc1ccc(C(=O)N2CCNC(=O)C2)cc1)NCCCOCC. The highest BCUT2D eigenvalue weighted by Crippen LogP contribution is 2.10. The highest BCUT2D eigenvalue weighted by Gasteiger charge is 2.21. The van der Waals surface area contributed by atoms with Crippen molar-refractivity contribution in [2.45, 2.75) is 26.8 Å². The third kappa shape index (κ3) is 7.19. The van der Waals surface area contributed by atoms with E-state index >= 15 is 0 Å². The van der Waals surface area contributed by atoms with Gasteiger partial charge in [-0.2, -0.15) is 0 Å².